The molecule has 0 radical (unpaired) electrons. The average Bonchev–Trinajstić information content (AvgIpc) is 3.72. The number of nitrogens with zero attached hydrogens (tertiary/aromatic N) is 4. The van der Waals surface area contributed by atoms with E-state index in [-0.39, 0.29) is 0 Å². The second kappa shape index (κ2) is 14.7. The van der Waals surface area contributed by atoms with Gasteiger partial charge in [0.15, 0.2) is 0 Å². The van der Waals surface area contributed by atoms with E-state index in [0.717, 1.165) is 44.8 Å². The van der Waals surface area contributed by atoms with E-state index in [1.807, 2.05) is 60.7 Å². The van der Waals surface area contributed by atoms with Gasteiger partial charge >= 0.3 is 0 Å². The molecular formula is C44H38N4O2. The molecule has 6 aromatic carbocycles. The summed E-state index contributed by atoms with van der Waals surface area (Å²) in [4.78, 5) is 10.6. The van der Waals surface area contributed by atoms with Crippen molar-refractivity contribution in [3.05, 3.63) is 204 Å². The summed E-state index contributed by atoms with van der Waals surface area (Å²) in [7, 11) is 0. The third-order valence-corrected chi connectivity index (χ3v) is 9.06. The van der Waals surface area contributed by atoms with Gasteiger partial charge in [-0.05, 0) is 46.5 Å². The van der Waals surface area contributed by atoms with Crippen LogP contribution in [0.1, 0.15) is 46.1 Å². The summed E-state index contributed by atoms with van der Waals surface area (Å²) in [6, 6.07) is 58.2. The maximum absolute atomic E-state index is 7.07. The average molecular weight is 655 g/mol. The molecule has 0 bridgehead atoms. The minimum atomic E-state index is -0.610. The summed E-state index contributed by atoms with van der Waals surface area (Å²) in [5.41, 5.74) is 8.40. The van der Waals surface area contributed by atoms with Crippen LogP contribution in [0.15, 0.2) is 170 Å². The fraction of sp³-hybridized carbons (Fsp3) is 0.136. The SMILES string of the molecule is c1ccc(CO[C@@H](c2nc3ccccc3n2Cc2ccccc2)[C@@H](OCc2ccccc2)c2nc3ccccc3n2Cc2ccccc2)cc1. The van der Waals surface area contributed by atoms with Gasteiger partial charge in [0.2, 0.25) is 0 Å². The van der Waals surface area contributed by atoms with Crippen molar-refractivity contribution in [2.75, 3.05) is 0 Å². The highest BCUT2D eigenvalue weighted by molar-refractivity contribution is 5.77. The Labute approximate surface area is 292 Å². The molecule has 2 atom stereocenters. The van der Waals surface area contributed by atoms with Crippen molar-refractivity contribution in [1.29, 1.82) is 0 Å². The van der Waals surface area contributed by atoms with Gasteiger partial charge in [-0.15, -0.1) is 0 Å². The van der Waals surface area contributed by atoms with Gasteiger partial charge in [-0.3, -0.25) is 0 Å². The Balaban J connectivity index is 1.32. The predicted molar refractivity (Wildman–Crippen MR) is 198 cm³/mol. The minimum Gasteiger partial charge on any atom is -0.362 e. The molecule has 0 unspecified atom stereocenters. The molecule has 8 aromatic rings. The van der Waals surface area contributed by atoms with Gasteiger partial charge < -0.3 is 18.6 Å². The van der Waals surface area contributed by atoms with Crippen molar-refractivity contribution < 1.29 is 9.47 Å². The van der Waals surface area contributed by atoms with E-state index >= 15 is 0 Å². The molecule has 0 aliphatic rings. The lowest BCUT2D eigenvalue weighted by Gasteiger charge is -2.28. The topological polar surface area (TPSA) is 54.1 Å². The third kappa shape index (κ3) is 6.85. The Hall–Kier alpha value is -5.82. The van der Waals surface area contributed by atoms with Crippen LogP contribution in [0.5, 0.6) is 0 Å². The minimum absolute atomic E-state index is 0.379. The van der Waals surface area contributed by atoms with E-state index < -0.39 is 12.2 Å². The molecule has 0 saturated heterocycles. The van der Waals surface area contributed by atoms with Crippen LogP contribution in [-0.2, 0) is 35.8 Å². The quantitative estimate of drug-likeness (QED) is 0.124. The third-order valence-electron chi connectivity index (χ3n) is 9.06. The Morgan fingerprint density at radius 1 is 0.380 bits per heavy atom. The smallest absolute Gasteiger partial charge is 0.149 e. The van der Waals surface area contributed by atoms with E-state index in [0.29, 0.717) is 26.3 Å². The number of hydrogen-bond donors (Lipinski definition) is 0. The van der Waals surface area contributed by atoms with Gasteiger partial charge in [-0.2, -0.15) is 0 Å². The standard InChI is InChI=1S/C44H38N4O2/c1-5-17-33(18-6-1)29-47-39-27-15-13-25-37(39)45-43(47)41(49-31-35-21-9-3-10-22-35)42(50-32-36-23-11-4-12-24-36)44-46-38-26-14-16-28-40(38)48(44)30-34-19-7-2-8-20-34/h1-28,41-42H,29-32H2/t41-,42-/m1/s1. The predicted octanol–water partition coefficient (Wildman–Crippen LogP) is 9.70. The Kier molecular flexibility index (Phi) is 9.27. The summed E-state index contributed by atoms with van der Waals surface area (Å²) >= 11 is 0. The molecule has 2 aromatic heterocycles. The van der Waals surface area contributed by atoms with Crippen LogP contribution in [0.4, 0.5) is 0 Å². The number of rotatable bonds is 13. The fourth-order valence-electron chi connectivity index (χ4n) is 6.60. The van der Waals surface area contributed by atoms with Crippen LogP contribution < -0.4 is 0 Å². The highest BCUT2D eigenvalue weighted by Crippen LogP contribution is 2.39. The van der Waals surface area contributed by atoms with Gasteiger partial charge in [0.1, 0.15) is 23.9 Å². The molecule has 0 fully saturated rings. The fourth-order valence-corrected chi connectivity index (χ4v) is 6.60. The lowest BCUT2D eigenvalue weighted by Crippen LogP contribution is -2.25. The van der Waals surface area contributed by atoms with E-state index in [4.69, 9.17) is 19.4 Å². The molecule has 6 heteroatoms. The maximum atomic E-state index is 7.07. The molecule has 8 rings (SSSR count). The second-order valence-corrected chi connectivity index (χ2v) is 12.5. The molecule has 0 aliphatic carbocycles. The molecule has 50 heavy (non-hydrogen) atoms. The van der Waals surface area contributed by atoms with E-state index in [1.165, 1.54) is 11.1 Å². The largest absolute Gasteiger partial charge is 0.362 e. The van der Waals surface area contributed by atoms with Crippen LogP contribution in [0.25, 0.3) is 22.1 Å². The van der Waals surface area contributed by atoms with Crippen LogP contribution in [0, 0.1) is 0 Å². The lowest BCUT2D eigenvalue weighted by molar-refractivity contribution is -0.0998. The molecule has 0 saturated carbocycles. The first-order chi connectivity index (χ1) is 24.8. The highest BCUT2D eigenvalue weighted by Gasteiger charge is 2.36. The van der Waals surface area contributed by atoms with Crippen molar-refractivity contribution in [1.82, 2.24) is 19.1 Å². The summed E-state index contributed by atoms with van der Waals surface area (Å²) in [6.07, 6.45) is -1.22. The van der Waals surface area contributed by atoms with Crippen molar-refractivity contribution in [2.45, 2.75) is 38.5 Å². The molecule has 246 valence electrons. The van der Waals surface area contributed by atoms with Crippen LogP contribution >= 0.6 is 0 Å². The number of para-hydroxylation sites is 4. The molecule has 6 nitrogen and oxygen atoms in total. The summed E-state index contributed by atoms with van der Waals surface area (Å²) in [6.45, 7) is 2.02. The first-order valence-electron chi connectivity index (χ1n) is 17.1. The first-order valence-corrected chi connectivity index (χ1v) is 17.1. The van der Waals surface area contributed by atoms with Crippen LogP contribution in [-0.4, -0.2) is 19.1 Å². The molecule has 0 N–H and O–H groups in total. The number of fused-ring (bicyclic) bond motifs is 2. The summed E-state index contributed by atoms with van der Waals surface area (Å²) in [5, 5.41) is 0. The highest BCUT2D eigenvalue weighted by atomic mass is 16.5. The Morgan fingerprint density at radius 3 is 1.08 bits per heavy atom. The summed E-state index contributed by atoms with van der Waals surface area (Å²) in [5.74, 6) is 1.59. The van der Waals surface area contributed by atoms with Crippen LogP contribution in [0.3, 0.4) is 0 Å². The molecule has 0 amide bonds. The zero-order valence-electron chi connectivity index (χ0n) is 27.8. The number of aromatic nitrogens is 4. The van der Waals surface area contributed by atoms with E-state index in [9.17, 15) is 0 Å². The molecule has 0 aliphatic heterocycles. The van der Waals surface area contributed by atoms with E-state index in [2.05, 4.69) is 118 Å². The maximum Gasteiger partial charge on any atom is 0.149 e. The van der Waals surface area contributed by atoms with Crippen molar-refractivity contribution >= 4 is 22.1 Å². The van der Waals surface area contributed by atoms with Crippen LogP contribution in [0.2, 0.25) is 0 Å². The second-order valence-electron chi connectivity index (χ2n) is 12.5. The van der Waals surface area contributed by atoms with E-state index in [1.54, 1.807) is 0 Å². The number of benzene rings is 6. The Bertz CT molecular complexity index is 2120. The van der Waals surface area contributed by atoms with Gasteiger partial charge in [0, 0.05) is 13.1 Å². The number of imidazole rings is 2. The number of ether oxygens (including phenoxy) is 2. The monoisotopic (exact) mass is 654 g/mol. The molecule has 2 heterocycles. The Morgan fingerprint density at radius 2 is 0.700 bits per heavy atom. The van der Waals surface area contributed by atoms with Crippen molar-refractivity contribution in [2.24, 2.45) is 0 Å². The number of hydrogen-bond acceptors (Lipinski definition) is 4. The van der Waals surface area contributed by atoms with Crippen molar-refractivity contribution in [3.8, 4) is 0 Å². The zero-order chi connectivity index (χ0) is 33.5. The van der Waals surface area contributed by atoms with Gasteiger partial charge in [0.25, 0.3) is 0 Å². The molecular weight excluding hydrogens is 617 g/mol. The molecule has 0 spiro atoms. The van der Waals surface area contributed by atoms with Crippen molar-refractivity contribution in [3.63, 3.8) is 0 Å². The lowest BCUT2D eigenvalue weighted by atomic mass is 10.1. The normalized spacial score (nSPS) is 12.7. The summed E-state index contributed by atoms with van der Waals surface area (Å²) < 4.78 is 18.7. The van der Waals surface area contributed by atoms with Gasteiger partial charge in [-0.25, -0.2) is 9.97 Å². The zero-order valence-corrected chi connectivity index (χ0v) is 27.8. The first kappa shape index (κ1) is 31.4. The van der Waals surface area contributed by atoms with Gasteiger partial charge in [0.05, 0.1) is 35.3 Å². The van der Waals surface area contributed by atoms with Gasteiger partial charge in [-0.1, -0.05) is 146 Å².